The van der Waals surface area contributed by atoms with E-state index in [0.29, 0.717) is 6.54 Å². The standard InChI is InChI=1S/C8H10BrF2NOS/c9-7-1-6(3-14-7)2-12-4-8(10,11)5-13/h1,3,12-13H,2,4-5H2. The lowest BCUT2D eigenvalue weighted by molar-refractivity contribution is -0.0477. The van der Waals surface area contributed by atoms with E-state index >= 15 is 0 Å². The SMILES string of the molecule is OCC(F)(F)CNCc1csc(Br)c1. The van der Waals surface area contributed by atoms with Crippen LogP contribution in [0.4, 0.5) is 8.78 Å². The summed E-state index contributed by atoms with van der Waals surface area (Å²) in [6.45, 7) is -1.23. The van der Waals surface area contributed by atoms with E-state index in [-0.39, 0.29) is 0 Å². The van der Waals surface area contributed by atoms with E-state index in [2.05, 4.69) is 21.2 Å². The zero-order chi connectivity index (χ0) is 10.6. The lowest BCUT2D eigenvalue weighted by Gasteiger charge is -2.13. The minimum Gasteiger partial charge on any atom is -0.390 e. The van der Waals surface area contributed by atoms with Crippen molar-refractivity contribution in [2.75, 3.05) is 13.2 Å². The Bertz CT molecular complexity index is 293. The molecular weight excluding hydrogens is 276 g/mol. The summed E-state index contributed by atoms with van der Waals surface area (Å²) in [4.78, 5) is 0. The first-order valence-corrected chi connectivity index (χ1v) is 5.63. The Labute approximate surface area is 93.1 Å². The summed E-state index contributed by atoms with van der Waals surface area (Å²) in [5.74, 6) is -3.03. The molecule has 0 aromatic carbocycles. The van der Waals surface area contributed by atoms with Gasteiger partial charge in [-0.1, -0.05) is 0 Å². The van der Waals surface area contributed by atoms with Gasteiger partial charge in [0, 0.05) is 6.54 Å². The van der Waals surface area contributed by atoms with Crippen molar-refractivity contribution in [1.29, 1.82) is 0 Å². The highest BCUT2D eigenvalue weighted by molar-refractivity contribution is 9.11. The second kappa shape index (κ2) is 5.16. The molecular formula is C8H10BrF2NOS. The molecule has 1 aromatic rings. The van der Waals surface area contributed by atoms with Crippen molar-refractivity contribution in [3.05, 3.63) is 20.8 Å². The Morgan fingerprint density at radius 1 is 1.57 bits per heavy atom. The molecule has 0 fully saturated rings. The van der Waals surface area contributed by atoms with E-state index in [0.717, 1.165) is 9.35 Å². The van der Waals surface area contributed by atoms with Gasteiger partial charge in [0.15, 0.2) is 0 Å². The maximum atomic E-state index is 12.5. The van der Waals surface area contributed by atoms with E-state index in [4.69, 9.17) is 5.11 Å². The van der Waals surface area contributed by atoms with Crippen LogP contribution in [0.25, 0.3) is 0 Å². The minimum absolute atomic E-state index is 0.387. The third-order valence-electron chi connectivity index (χ3n) is 1.57. The average molecular weight is 286 g/mol. The summed E-state index contributed by atoms with van der Waals surface area (Å²) in [5.41, 5.74) is 0.954. The monoisotopic (exact) mass is 285 g/mol. The molecule has 0 amide bonds. The molecule has 1 rings (SSSR count). The lowest BCUT2D eigenvalue weighted by atomic mass is 10.3. The largest absolute Gasteiger partial charge is 0.390 e. The fourth-order valence-electron chi connectivity index (χ4n) is 0.884. The molecule has 1 heterocycles. The Hall–Kier alpha value is -0.0400. The van der Waals surface area contributed by atoms with Gasteiger partial charge in [0.1, 0.15) is 6.61 Å². The molecule has 0 saturated heterocycles. The van der Waals surface area contributed by atoms with Gasteiger partial charge in [0.05, 0.1) is 10.3 Å². The quantitative estimate of drug-likeness (QED) is 0.870. The molecule has 0 unspecified atom stereocenters. The van der Waals surface area contributed by atoms with Gasteiger partial charge in [-0.05, 0) is 32.9 Å². The van der Waals surface area contributed by atoms with Crippen LogP contribution in [0.1, 0.15) is 5.56 Å². The molecule has 0 aliphatic rings. The van der Waals surface area contributed by atoms with Gasteiger partial charge >= 0.3 is 0 Å². The van der Waals surface area contributed by atoms with Crippen LogP contribution in [0.5, 0.6) is 0 Å². The van der Waals surface area contributed by atoms with Crippen molar-refractivity contribution >= 4 is 27.3 Å². The first-order valence-electron chi connectivity index (χ1n) is 3.96. The molecule has 2 nitrogen and oxygen atoms in total. The number of rotatable bonds is 5. The smallest absolute Gasteiger partial charge is 0.282 e. The molecule has 0 aliphatic carbocycles. The van der Waals surface area contributed by atoms with E-state index in [1.807, 2.05) is 11.4 Å². The highest BCUT2D eigenvalue weighted by Crippen LogP contribution is 2.20. The summed E-state index contributed by atoms with van der Waals surface area (Å²) >= 11 is 4.79. The second-order valence-corrected chi connectivity index (χ2v) is 5.17. The molecule has 1 aromatic heterocycles. The summed E-state index contributed by atoms with van der Waals surface area (Å²) < 4.78 is 26.1. The Balaban J connectivity index is 2.28. The Morgan fingerprint density at radius 3 is 2.79 bits per heavy atom. The molecule has 0 saturated carbocycles. The molecule has 14 heavy (non-hydrogen) atoms. The third kappa shape index (κ3) is 4.00. The van der Waals surface area contributed by atoms with E-state index < -0.39 is 19.1 Å². The summed E-state index contributed by atoms with van der Waals surface area (Å²) in [7, 11) is 0. The fraction of sp³-hybridized carbons (Fsp3) is 0.500. The lowest BCUT2D eigenvalue weighted by Crippen LogP contribution is -2.35. The highest BCUT2D eigenvalue weighted by atomic mass is 79.9. The topological polar surface area (TPSA) is 32.3 Å². The first-order chi connectivity index (χ1) is 6.53. The molecule has 80 valence electrons. The number of thiophene rings is 1. The van der Waals surface area contributed by atoms with Crippen molar-refractivity contribution in [3.8, 4) is 0 Å². The molecule has 0 atom stereocenters. The first kappa shape index (κ1) is 12.0. The number of hydrogen-bond donors (Lipinski definition) is 2. The minimum atomic E-state index is -3.03. The fourth-order valence-corrected chi connectivity index (χ4v) is 2.09. The van der Waals surface area contributed by atoms with Crippen molar-refractivity contribution in [3.63, 3.8) is 0 Å². The van der Waals surface area contributed by atoms with E-state index in [1.165, 1.54) is 11.3 Å². The van der Waals surface area contributed by atoms with Gasteiger partial charge < -0.3 is 10.4 Å². The number of nitrogens with one attached hydrogen (secondary N) is 1. The van der Waals surface area contributed by atoms with Gasteiger partial charge in [0.25, 0.3) is 5.92 Å². The average Bonchev–Trinajstić information content (AvgIpc) is 2.51. The predicted molar refractivity (Wildman–Crippen MR) is 55.8 cm³/mol. The summed E-state index contributed by atoms with van der Waals surface area (Å²) in [5, 5.41) is 12.8. The zero-order valence-electron chi connectivity index (χ0n) is 7.27. The molecule has 6 heteroatoms. The number of aliphatic hydroxyl groups excluding tert-OH is 1. The van der Waals surface area contributed by atoms with Crippen LogP contribution in [0.2, 0.25) is 0 Å². The van der Waals surface area contributed by atoms with Gasteiger partial charge in [0.2, 0.25) is 0 Å². The normalized spacial score (nSPS) is 12.0. The maximum Gasteiger partial charge on any atom is 0.282 e. The molecule has 0 bridgehead atoms. The molecule has 0 aliphatic heterocycles. The third-order valence-corrected chi connectivity index (χ3v) is 3.12. The highest BCUT2D eigenvalue weighted by Gasteiger charge is 2.26. The van der Waals surface area contributed by atoms with Crippen LogP contribution in [0.15, 0.2) is 15.2 Å². The van der Waals surface area contributed by atoms with Gasteiger partial charge in [-0.15, -0.1) is 11.3 Å². The Morgan fingerprint density at radius 2 is 2.29 bits per heavy atom. The van der Waals surface area contributed by atoms with Crippen molar-refractivity contribution in [2.45, 2.75) is 12.5 Å². The summed E-state index contributed by atoms with van der Waals surface area (Å²) in [6.07, 6.45) is 0. The number of hydrogen-bond acceptors (Lipinski definition) is 3. The zero-order valence-corrected chi connectivity index (χ0v) is 9.67. The second-order valence-electron chi connectivity index (χ2n) is 2.88. The van der Waals surface area contributed by atoms with Crippen LogP contribution in [-0.4, -0.2) is 24.2 Å². The number of halogens is 3. The van der Waals surface area contributed by atoms with Gasteiger partial charge in [-0.25, -0.2) is 8.78 Å². The maximum absolute atomic E-state index is 12.5. The molecule has 2 N–H and O–H groups in total. The number of aliphatic hydroxyl groups is 1. The Kier molecular flexibility index (Phi) is 4.43. The summed E-state index contributed by atoms with van der Waals surface area (Å²) in [6, 6.07) is 1.87. The van der Waals surface area contributed by atoms with Gasteiger partial charge in [-0.2, -0.15) is 0 Å². The predicted octanol–water partition coefficient (Wildman–Crippen LogP) is 2.23. The van der Waals surface area contributed by atoms with Crippen molar-refractivity contribution in [1.82, 2.24) is 5.32 Å². The van der Waals surface area contributed by atoms with Crippen molar-refractivity contribution < 1.29 is 13.9 Å². The van der Waals surface area contributed by atoms with Crippen LogP contribution in [0, 0.1) is 0 Å². The van der Waals surface area contributed by atoms with Crippen LogP contribution >= 0.6 is 27.3 Å². The van der Waals surface area contributed by atoms with Crippen molar-refractivity contribution in [2.24, 2.45) is 0 Å². The molecule has 0 spiro atoms. The van der Waals surface area contributed by atoms with Gasteiger partial charge in [-0.3, -0.25) is 0 Å². The van der Waals surface area contributed by atoms with E-state index in [1.54, 1.807) is 0 Å². The van der Waals surface area contributed by atoms with Crippen LogP contribution in [-0.2, 0) is 6.54 Å². The number of alkyl halides is 2. The van der Waals surface area contributed by atoms with Crippen LogP contribution in [0.3, 0.4) is 0 Å². The van der Waals surface area contributed by atoms with E-state index in [9.17, 15) is 8.78 Å². The van der Waals surface area contributed by atoms with Crippen LogP contribution < -0.4 is 5.32 Å². The molecule has 0 radical (unpaired) electrons.